The first kappa shape index (κ1) is 11.7. The van der Waals surface area contributed by atoms with Crippen molar-refractivity contribution in [3.8, 4) is 17.6 Å². The third kappa shape index (κ3) is 2.34. The second kappa shape index (κ2) is 5.07. The van der Waals surface area contributed by atoms with Crippen LogP contribution in [-0.4, -0.2) is 18.8 Å². The van der Waals surface area contributed by atoms with E-state index in [-0.39, 0.29) is 11.8 Å². The first-order chi connectivity index (χ1) is 8.26. The number of rotatable bonds is 2. The van der Waals surface area contributed by atoms with Crippen molar-refractivity contribution >= 4 is 0 Å². The van der Waals surface area contributed by atoms with Crippen molar-refractivity contribution in [3.05, 3.63) is 23.3 Å². The van der Waals surface area contributed by atoms with Gasteiger partial charge in [-0.25, -0.2) is 0 Å². The molecule has 4 heteroatoms. The monoisotopic (exact) mass is 232 g/mol. The van der Waals surface area contributed by atoms with Gasteiger partial charge in [0, 0.05) is 17.7 Å². The molecule has 1 aliphatic rings. The van der Waals surface area contributed by atoms with E-state index >= 15 is 0 Å². The Morgan fingerprint density at radius 1 is 1.47 bits per heavy atom. The van der Waals surface area contributed by atoms with E-state index < -0.39 is 0 Å². The fraction of sp³-hybridized carbons (Fsp3) is 0.462. The third-order valence-electron chi connectivity index (χ3n) is 3.14. The average molecular weight is 232 g/mol. The maximum absolute atomic E-state index is 10.1. The maximum Gasteiger partial charge on any atom is 0.162 e. The van der Waals surface area contributed by atoms with Crippen molar-refractivity contribution in [1.82, 2.24) is 5.32 Å². The highest BCUT2D eigenvalue weighted by molar-refractivity contribution is 5.52. The molecule has 1 aromatic rings. The van der Waals surface area contributed by atoms with Gasteiger partial charge in [0.15, 0.2) is 11.5 Å². The van der Waals surface area contributed by atoms with Crippen LogP contribution in [0, 0.1) is 11.3 Å². The van der Waals surface area contributed by atoms with E-state index in [0.29, 0.717) is 11.3 Å². The summed E-state index contributed by atoms with van der Waals surface area (Å²) in [6.07, 6.45) is 3.27. The van der Waals surface area contributed by atoms with Crippen molar-refractivity contribution < 1.29 is 9.84 Å². The van der Waals surface area contributed by atoms with Gasteiger partial charge in [0.1, 0.15) is 0 Å². The lowest BCUT2D eigenvalue weighted by atomic mass is 9.95. The number of phenols is 1. The third-order valence-corrected chi connectivity index (χ3v) is 3.14. The summed E-state index contributed by atoms with van der Waals surface area (Å²) in [5.74, 6) is 0.511. The summed E-state index contributed by atoms with van der Waals surface area (Å²) < 4.78 is 5.09. The normalized spacial score (nSPS) is 19.6. The molecule has 90 valence electrons. The molecule has 1 aliphatic heterocycles. The van der Waals surface area contributed by atoms with E-state index in [4.69, 9.17) is 10.00 Å². The molecule has 4 nitrogen and oxygen atoms in total. The number of aromatic hydroxyl groups is 1. The Hall–Kier alpha value is -1.73. The molecular weight excluding hydrogens is 216 g/mol. The maximum atomic E-state index is 10.1. The second-order valence-electron chi connectivity index (χ2n) is 4.23. The highest BCUT2D eigenvalue weighted by Gasteiger charge is 2.21. The molecule has 0 saturated carbocycles. The number of ether oxygens (including phenoxy) is 1. The van der Waals surface area contributed by atoms with Crippen LogP contribution in [0.15, 0.2) is 12.1 Å². The molecule has 2 rings (SSSR count). The summed E-state index contributed by atoms with van der Waals surface area (Å²) in [4.78, 5) is 0. The first-order valence-corrected chi connectivity index (χ1v) is 5.80. The second-order valence-corrected chi connectivity index (χ2v) is 4.23. The van der Waals surface area contributed by atoms with E-state index in [1.165, 1.54) is 7.11 Å². The Kier molecular flexibility index (Phi) is 3.50. The van der Waals surface area contributed by atoms with Crippen LogP contribution >= 0.6 is 0 Å². The molecule has 0 spiro atoms. The standard InChI is InChI=1S/C13H16N2O2/c1-17-12-7-9(8-14)6-10(13(12)16)11-4-2-3-5-15-11/h6-7,11,15-16H,2-5H2,1H3/t11-/m1/s1. The Balaban J connectivity index is 2.40. The highest BCUT2D eigenvalue weighted by atomic mass is 16.5. The molecule has 1 fully saturated rings. The van der Waals surface area contributed by atoms with Gasteiger partial charge in [-0.2, -0.15) is 5.26 Å². The van der Waals surface area contributed by atoms with Gasteiger partial charge in [0.2, 0.25) is 0 Å². The van der Waals surface area contributed by atoms with E-state index in [2.05, 4.69) is 11.4 Å². The lowest BCUT2D eigenvalue weighted by Gasteiger charge is -2.25. The van der Waals surface area contributed by atoms with Crippen LogP contribution in [0.2, 0.25) is 0 Å². The van der Waals surface area contributed by atoms with E-state index in [1.54, 1.807) is 12.1 Å². The van der Waals surface area contributed by atoms with Gasteiger partial charge < -0.3 is 15.2 Å². The van der Waals surface area contributed by atoms with E-state index in [1.807, 2.05) is 0 Å². The summed E-state index contributed by atoms with van der Waals surface area (Å²) in [6.45, 7) is 0.948. The van der Waals surface area contributed by atoms with E-state index in [9.17, 15) is 5.11 Å². The number of nitrogens with one attached hydrogen (secondary N) is 1. The number of piperidine rings is 1. The summed E-state index contributed by atoms with van der Waals surface area (Å²) in [7, 11) is 1.49. The minimum Gasteiger partial charge on any atom is -0.504 e. The molecule has 1 saturated heterocycles. The number of hydrogen-bond donors (Lipinski definition) is 2. The number of methoxy groups -OCH3 is 1. The zero-order valence-electron chi connectivity index (χ0n) is 9.86. The quantitative estimate of drug-likeness (QED) is 0.819. The average Bonchev–Trinajstić information content (AvgIpc) is 2.40. The fourth-order valence-corrected chi connectivity index (χ4v) is 2.23. The van der Waals surface area contributed by atoms with Gasteiger partial charge in [-0.1, -0.05) is 6.42 Å². The van der Waals surface area contributed by atoms with Crippen LogP contribution in [-0.2, 0) is 0 Å². The van der Waals surface area contributed by atoms with Gasteiger partial charge >= 0.3 is 0 Å². The zero-order valence-corrected chi connectivity index (χ0v) is 9.86. The number of benzene rings is 1. The fourth-order valence-electron chi connectivity index (χ4n) is 2.23. The molecule has 0 amide bonds. The van der Waals surface area contributed by atoms with Gasteiger partial charge in [0.25, 0.3) is 0 Å². The Morgan fingerprint density at radius 3 is 2.88 bits per heavy atom. The summed E-state index contributed by atoms with van der Waals surface area (Å²) >= 11 is 0. The minimum atomic E-state index is 0.117. The van der Waals surface area contributed by atoms with Crippen LogP contribution in [0.1, 0.15) is 36.4 Å². The molecule has 0 bridgehead atoms. The smallest absolute Gasteiger partial charge is 0.162 e. The van der Waals surface area contributed by atoms with Crippen molar-refractivity contribution in [2.75, 3.05) is 13.7 Å². The Morgan fingerprint density at radius 2 is 2.29 bits per heavy atom. The van der Waals surface area contributed by atoms with Crippen LogP contribution in [0.5, 0.6) is 11.5 Å². The van der Waals surface area contributed by atoms with Crippen LogP contribution in [0.3, 0.4) is 0 Å². The Labute approximate surface area is 101 Å². The molecule has 0 unspecified atom stereocenters. The lowest BCUT2D eigenvalue weighted by Crippen LogP contribution is -2.26. The highest BCUT2D eigenvalue weighted by Crippen LogP contribution is 2.37. The number of nitrogens with zero attached hydrogens (tertiary/aromatic N) is 1. The summed E-state index contributed by atoms with van der Waals surface area (Å²) in [5, 5.41) is 22.4. The minimum absolute atomic E-state index is 0.117. The molecule has 0 radical (unpaired) electrons. The molecule has 1 heterocycles. The number of hydrogen-bond acceptors (Lipinski definition) is 4. The molecule has 17 heavy (non-hydrogen) atoms. The summed E-state index contributed by atoms with van der Waals surface area (Å²) in [6, 6.07) is 5.50. The lowest BCUT2D eigenvalue weighted by molar-refractivity contribution is 0.354. The summed E-state index contributed by atoms with van der Waals surface area (Å²) in [5.41, 5.74) is 1.28. The predicted octanol–water partition coefficient (Wildman–Crippen LogP) is 2.09. The molecular formula is C13H16N2O2. The van der Waals surface area contributed by atoms with Gasteiger partial charge in [-0.15, -0.1) is 0 Å². The number of nitriles is 1. The topological polar surface area (TPSA) is 65.3 Å². The SMILES string of the molecule is COc1cc(C#N)cc([C@H]2CCCCN2)c1O. The molecule has 2 N–H and O–H groups in total. The van der Waals surface area contributed by atoms with Crippen molar-refractivity contribution in [1.29, 1.82) is 5.26 Å². The van der Waals surface area contributed by atoms with E-state index in [0.717, 1.165) is 31.4 Å². The van der Waals surface area contributed by atoms with Gasteiger partial charge in [-0.05, 0) is 25.5 Å². The molecule has 0 aliphatic carbocycles. The largest absolute Gasteiger partial charge is 0.504 e. The Bertz CT molecular complexity index is 445. The van der Waals surface area contributed by atoms with Crippen molar-refractivity contribution in [3.63, 3.8) is 0 Å². The molecule has 0 aromatic heterocycles. The first-order valence-electron chi connectivity index (χ1n) is 5.80. The van der Waals surface area contributed by atoms with Crippen LogP contribution < -0.4 is 10.1 Å². The molecule has 1 aromatic carbocycles. The zero-order chi connectivity index (χ0) is 12.3. The van der Waals surface area contributed by atoms with Gasteiger partial charge in [0.05, 0.1) is 18.7 Å². The number of phenolic OH excluding ortho intramolecular Hbond substituents is 1. The van der Waals surface area contributed by atoms with Gasteiger partial charge in [-0.3, -0.25) is 0 Å². The predicted molar refractivity (Wildman–Crippen MR) is 64.0 cm³/mol. The van der Waals surface area contributed by atoms with Crippen LogP contribution in [0.25, 0.3) is 0 Å². The molecule has 1 atom stereocenters. The van der Waals surface area contributed by atoms with Crippen LogP contribution in [0.4, 0.5) is 0 Å². The van der Waals surface area contributed by atoms with Crippen molar-refractivity contribution in [2.24, 2.45) is 0 Å². The van der Waals surface area contributed by atoms with Crippen molar-refractivity contribution in [2.45, 2.75) is 25.3 Å².